The summed E-state index contributed by atoms with van der Waals surface area (Å²) in [7, 11) is 2.19. The molecule has 0 radical (unpaired) electrons. The highest BCUT2D eigenvalue weighted by Gasteiger charge is 2.27. The van der Waals surface area contributed by atoms with Gasteiger partial charge in [0.05, 0.1) is 12.7 Å². The summed E-state index contributed by atoms with van der Waals surface area (Å²) in [5.74, 6) is 0.795. The molecule has 2 aliphatic rings. The lowest BCUT2D eigenvalue weighted by Crippen LogP contribution is -2.46. The highest BCUT2D eigenvalue weighted by atomic mass is 16.5. The van der Waals surface area contributed by atoms with Crippen molar-refractivity contribution in [2.45, 2.75) is 18.9 Å². The second-order valence-corrected chi connectivity index (χ2v) is 4.26. The van der Waals surface area contributed by atoms with Crippen molar-refractivity contribution in [1.82, 2.24) is 10.2 Å². The van der Waals surface area contributed by atoms with Gasteiger partial charge >= 0.3 is 0 Å². The van der Waals surface area contributed by atoms with Crippen molar-refractivity contribution in [3.63, 3.8) is 0 Å². The summed E-state index contributed by atoms with van der Waals surface area (Å²) in [6, 6.07) is 0. The first-order chi connectivity index (χ1) is 6.36. The molecule has 0 amide bonds. The summed E-state index contributed by atoms with van der Waals surface area (Å²) >= 11 is 0. The van der Waals surface area contributed by atoms with Crippen LogP contribution in [0.15, 0.2) is 0 Å². The summed E-state index contributed by atoms with van der Waals surface area (Å²) in [5.41, 5.74) is 0. The van der Waals surface area contributed by atoms with Gasteiger partial charge in [-0.25, -0.2) is 0 Å². The Kier molecular flexibility index (Phi) is 3.19. The van der Waals surface area contributed by atoms with Crippen LogP contribution in [0.2, 0.25) is 0 Å². The van der Waals surface area contributed by atoms with Crippen molar-refractivity contribution in [2.75, 3.05) is 39.8 Å². The number of hydrogen-bond donors (Lipinski definition) is 1. The van der Waals surface area contributed by atoms with Crippen LogP contribution in [0, 0.1) is 5.92 Å². The maximum absolute atomic E-state index is 5.82. The Bertz CT molecular complexity index is 157. The normalized spacial score (nSPS) is 33.5. The maximum Gasteiger partial charge on any atom is 0.0731 e. The smallest absolute Gasteiger partial charge is 0.0731 e. The maximum atomic E-state index is 5.82. The summed E-state index contributed by atoms with van der Waals surface area (Å²) < 4.78 is 5.82. The molecule has 2 aliphatic heterocycles. The topological polar surface area (TPSA) is 24.5 Å². The van der Waals surface area contributed by atoms with Gasteiger partial charge in [-0.05, 0) is 38.9 Å². The molecule has 0 saturated carbocycles. The summed E-state index contributed by atoms with van der Waals surface area (Å²) in [4.78, 5) is 2.39. The Balaban J connectivity index is 1.83. The van der Waals surface area contributed by atoms with Gasteiger partial charge in [0, 0.05) is 13.1 Å². The molecule has 1 atom stereocenters. The van der Waals surface area contributed by atoms with Crippen LogP contribution in [0.25, 0.3) is 0 Å². The lowest BCUT2D eigenvalue weighted by Gasteiger charge is -2.37. The first-order valence-electron chi connectivity index (χ1n) is 5.37. The molecule has 0 aromatic carbocycles. The van der Waals surface area contributed by atoms with E-state index in [1.807, 2.05) is 0 Å². The van der Waals surface area contributed by atoms with E-state index in [1.165, 1.54) is 25.9 Å². The summed E-state index contributed by atoms with van der Waals surface area (Å²) in [6.45, 7) is 5.50. The van der Waals surface area contributed by atoms with Gasteiger partial charge < -0.3 is 15.0 Å². The molecule has 0 spiro atoms. The van der Waals surface area contributed by atoms with Crippen molar-refractivity contribution in [3.8, 4) is 0 Å². The quantitative estimate of drug-likeness (QED) is 0.635. The summed E-state index contributed by atoms with van der Waals surface area (Å²) in [6.07, 6.45) is 3.08. The van der Waals surface area contributed by atoms with E-state index in [-0.39, 0.29) is 0 Å². The first kappa shape index (κ1) is 9.44. The van der Waals surface area contributed by atoms with Crippen LogP contribution in [0.3, 0.4) is 0 Å². The molecular weight excluding hydrogens is 164 g/mol. The standard InChI is InChI=1S/C10H20N2O/c1-12-6-7-13-10(8-12)9-2-4-11-5-3-9/h9-11H,2-8H2,1H3. The van der Waals surface area contributed by atoms with Crippen molar-refractivity contribution in [2.24, 2.45) is 5.92 Å². The second kappa shape index (κ2) is 4.40. The number of nitrogens with zero attached hydrogens (tertiary/aromatic N) is 1. The van der Waals surface area contributed by atoms with Crippen molar-refractivity contribution in [1.29, 1.82) is 0 Å². The van der Waals surface area contributed by atoms with Crippen LogP contribution in [-0.4, -0.2) is 50.8 Å². The van der Waals surface area contributed by atoms with E-state index in [0.29, 0.717) is 6.10 Å². The van der Waals surface area contributed by atoms with Crippen LogP contribution in [-0.2, 0) is 4.74 Å². The molecular formula is C10H20N2O. The Hall–Kier alpha value is -0.120. The van der Waals surface area contributed by atoms with E-state index < -0.39 is 0 Å². The zero-order valence-corrected chi connectivity index (χ0v) is 8.46. The fraction of sp³-hybridized carbons (Fsp3) is 1.00. The molecule has 2 rings (SSSR count). The van der Waals surface area contributed by atoms with Crippen molar-refractivity contribution >= 4 is 0 Å². The molecule has 0 aromatic rings. The molecule has 13 heavy (non-hydrogen) atoms. The van der Waals surface area contributed by atoms with Crippen LogP contribution < -0.4 is 5.32 Å². The summed E-state index contributed by atoms with van der Waals surface area (Å²) in [5, 5.41) is 3.40. The average Bonchev–Trinajstić information content (AvgIpc) is 2.19. The predicted molar refractivity (Wildman–Crippen MR) is 52.8 cm³/mol. The minimum absolute atomic E-state index is 0.501. The molecule has 76 valence electrons. The number of rotatable bonds is 1. The third-order valence-corrected chi connectivity index (χ3v) is 3.21. The van der Waals surface area contributed by atoms with Gasteiger partial charge in [0.1, 0.15) is 0 Å². The molecule has 2 fully saturated rings. The fourth-order valence-electron chi connectivity index (χ4n) is 2.31. The third-order valence-electron chi connectivity index (χ3n) is 3.21. The Morgan fingerprint density at radius 2 is 2.08 bits per heavy atom. The molecule has 2 heterocycles. The molecule has 0 aliphatic carbocycles. The van der Waals surface area contributed by atoms with E-state index in [4.69, 9.17) is 4.74 Å². The monoisotopic (exact) mass is 184 g/mol. The highest BCUT2D eigenvalue weighted by molar-refractivity contribution is 4.80. The molecule has 1 unspecified atom stereocenters. The molecule has 3 heteroatoms. The minimum atomic E-state index is 0.501. The Morgan fingerprint density at radius 1 is 1.31 bits per heavy atom. The van der Waals surface area contributed by atoms with Gasteiger partial charge in [0.15, 0.2) is 0 Å². The fourth-order valence-corrected chi connectivity index (χ4v) is 2.31. The molecule has 2 saturated heterocycles. The lowest BCUT2D eigenvalue weighted by atomic mass is 9.91. The highest BCUT2D eigenvalue weighted by Crippen LogP contribution is 2.21. The van der Waals surface area contributed by atoms with Gasteiger partial charge in [0.2, 0.25) is 0 Å². The van der Waals surface area contributed by atoms with E-state index in [2.05, 4.69) is 17.3 Å². The van der Waals surface area contributed by atoms with E-state index in [9.17, 15) is 0 Å². The molecule has 3 nitrogen and oxygen atoms in total. The largest absolute Gasteiger partial charge is 0.375 e. The van der Waals surface area contributed by atoms with Gasteiger partial charge in [-0.15, -0.1) is 0 Å². The number of hydrogen-bond acceptors (Lipinski definition) is 3. The van der Waals surface area contributed by atoms with Crippen molar-refractivity contribution in [3.05, 3.63) is 0 Å². The van der Waals surface area contributed by atoms with Crippen LogP contribution >= 0.6 is 0 Å². The second-order valence-electron chi connectivity index (χ2n) is 4.26. The van der Waals surface area contributed by atoms with Crippen molar-refractivity contribution < 1.29 is 4.74 Å². The van der Waals surface area contributed by atoms with E-state index in [0.717, 1.165) is 25.6 Å². The van der Waals surface area contributed by atoms with Gasteiger partial charge in [-0.3, -0.25) is 0 Å². The van der Waals surface area contributed by atoms with Crippen LogP contribution in [0.5, 0.6) is 0 Å². The minimum Gasteiger partial charge on any atom is -0.375 e. The van der Waals surface area contributed by atoms with E-state index in [1.54, 1.807) is 0 Å². The van der Waals surface area contributed by atoms with Gasteiger partial charge in [-0.2, -0.15) is 0 Å². The number of nitrogens with one attached hydrogen (secondary N) is 1. The van der Waals surface area contributed by atoms with Crippen LogP contribution in [0.4, 0.5) is 0 Å². The number of morpholine rings is 1. The van der Waals surface area contributed by atoms with E-state index >= 15 is 0 Å². The Morgan fingerprint density at radius 3 is 2.77 bits per heavy atom. The number of likely N-dealkylation sites (N-methyl/N-ethyl adjacent to an activating group) is 1. The third kappa shape index (κ3) is 2.42. The predicted octanol–water partition coefficient (Wildman–Crippen LogP) is 0.317. The number of ether oxygens (including phenoxy) is 1. The van der Waals surface area contributed by atoms with Crippen LogP contribution in [0.1, 0.15) is 12.8 Å². The Labute approximate surface area is 80.4 Å². The van der Waals surface area contributed by atoms with Gasteiger partial charge in [0.25, 0.3) is 0 Å². The zero-order valence-electron chi connectivity index (χ0n) is 8.46. The average molecular weight is 184 g/mol. The van der Waals surface area contributed by atoms with Gasteiger partial charge in [-0.1, -0.05) is 0 Å². The zero-order chi connectivity index (χ0) is 9.10. The first-order valence-corrected chi connectivity index (χ1v) is 5.37. The number of piperidine rings is 1. The molecule has 1 N–H and O–H groups in total. The lowest BCUT2D eigenvalue weighted by molar-refractivity contribution is -0.0562. The molecule has 0 aromatic heterocycles. The SMILES string of the molecule is CN1CCOC(C2CCNCC2)C1. The molecule has 0 bridgehead atoms.